The fourth-order valence-electron chi connectivity index (χ4n) is 8.22. The molecule has 4 aromatic rings. The van der Waals surface area contributed by atoms with E-state index in [0.717, 1.165) is 47.6 Å². The Morgan fingerprint density at radius 1 is 0.490 bits per heavy atom. The molecule has 2 aliphatic rings. The van der Waals surface area contributed by atoms with E-state index in [9.17, 15) is 8.78 Å². The summed E-state index contributed by atoms with van der Waals surface area (Å²) < 4.78 is 27.9. The van der Waals surface area contributed by atoms with Crippen LogP contribution in [0.25, 0.3) is 22.3 Å². The zero-order valence-corrected chi connectivity index (χ0v) is 32.2. The molecular weight excluding hydrogens is 677 g/mol. The summed E-state index contributed by atoms with van der Waals surface area (Å²) in [5.41, 5.74) is 5.39. The van der Waals surface area contributed by atoms with Crippen LogP contribution in [0, 0.1) is 35.6 Å². The van der Waals surface area contributed by atoms with Gasteiger partial charge in [0.25, 0.3) is 0 Å². The lowest BCUT2D eigenvalue weighted by Gasteiger charge is -2.28. The molecule has 0 bridgehead atoms. The van der Waals surface area contributed by atoms with E-state index in [1.54, 1.807) is 24.3 Å². The number of pyridine rings is 2. The smallest absolute Gasteiger partial charge is 0.207 e. The van der Waals surface area contributed by atoms with Crippen molar-refractivity contribution in [1.82, 2.24) is 9.97 Å². The van der Waals surface area contributed by atoms with Crippen LogP contribution in [-0.2, 0) is 12.8 Å². The lowest BCUT2D eigenvalue weighted by Crippen LogP contribution is -2.15. The van der Waals surface area contributed by atoms with E-state index in [1.165, 1.54) is 107 Å². The van der Waals surface area contributed by atoms with Gasteiger partial charge in [0.1, 0.15) is 10.3 Å². The maximum atomic E-state index is 13.9. The van der Waals surface area contributed by atoms with E-state index in [4.69, 9.17) is 23.2 Å². The van der Waals surface area contributed by atoms with Crippen molar-refractivity contribution >= 4 is 23.2 Å². The van der Waals surface area contributed by atoms with Crippen molar-refractivity contribution in [2.24, 2.45) is 23.7 Å². The molecule has 2 saturated carbocycles. The summed E-state index contributed by atoms with van der Waals surface area (Å²) in [7, 11) is 0. The molecule has 2 aromatic carbocycles. The molecule has 6 heteroatoms. The van der Waals surface area contributed by atoms with Gasteiger partial charge in [0, 0.05) is 11.1 Å². The fourth-order valence-corrected chi connectivity index (χ4v) is 8.49. The second-order valence-electron chi connectivity index (χ2n) is 15.1. The number of unbranched alkanes of at least 4 members (excludes halogenated alkanes) is 1. The normalized spacial score (nSPS) is 20.4. The SMILES string of the molecule is CCCC[C@H]1CC[C@H](CCc2ccc(-c3ccc(Cl)nc3F)cc2)CC1.CCC[C@H]1CC[C@H](CCc2ccc(-c3ccc(Cl)nc3F)cc2)CC1. The molecule has 0 amide bonds. The molecule has 0 spiro atoms. The second-order valence-corrected chi connectivity index (χ2v) is 15.9. The average molecular weight is 734 g/mol. The van der Waals surface area contributed by atoms with Crippen molar-refractivity contribution in [3.63, 3.8) is 0 Å². The van der Waals surface area contributed by atoms with Gasteiger partial charge in [-0.2, -0.15) is 8.78 Å². The van der Waals surface area contributed by atoms with Gasteiger partial charge in [-0.15, -0.1) is 0 Å². The third kappa shape index (κ3) is 12.4. The highest BCUT2D eigenvalue weighted by Crippen LogP contribution is 2.35. The Balaban J connectivity index is 0.000000198. The number of aryl methyl sites for hydroxylation is 2. The molecule has 0 aliphatic heterocycles. The highest BCUT2D eigenvalue weighted by molar-refractivity contribution is 6.29. The predicted molar refractivity (Wildman–Crippen MR) is 211 cm³/mol. The summed E-state index contributed by atoms with van der Waals surface area (Å²) in [4.78, 5) is 7.38. The van der Waals surface area contributed by atoms with Gasteiger partial charge in [-0.3, -0.25) is 0 Å². The Hall–Kier alpha value is -2.82. The quantitative estimate of drug-likeness (QED) is 0.128. The van der Waals surface area contributed by atoms with Crippen LogP contribution in [-0.4, -0.2) is 9.97 Å². The molecule has 0 atom stereocenters. The highest BCUT2D eigenvalue weighted by Gasteiger charge is 2.21. The number of nitrogens with zero attached hydrogens (tertiary/aromatic N) is 2. The summed E-state index contributed by atoms with van der Waals surface area (Å²) in [5.74, 6) is 2.70. The van der Waals surface area contributed by atoms with Crippen LogP contribution in [0.15, 0.2) is 72.8 Å². The second kappa shape index (κ2) is 20.4. The number of hydrogen-bond acceptors (Lipinski definition) is 2. The maximum Gasteiger partial charge on any atom is 0.222 e. The van der Waals surface area contributed by atoms with E-state index in [2.05, 4.69) is 48.1 Å². The van der Waals surface area contributed by atoms with E-state index in [1.807, 2.05) is 24.3 Å². The summed E-state index contributed by atoms with van der Waals surface area (Å²) in [6.07, 6.45) is 22.9. The summed E-state index contributed by atoms with van der Waals surface area (Å²) >= 11 is 11.4. The predicted octanol–water partition coefficient (Wildman–Crippen LogP) is 14.6. The van der Waals surface area contributed by atoms with Crippen molar-refractivity contribution in [2.45, 2.75) is 123 Å². The topological polar surface area (TPSA) is 25.8 Å². The molecule has 274 valence electrons. The van der Waals surface area contributed by atoms with Gasteiger partial charge in [-0.25, -0.2) is 9.97 Å². The molecule has 2 heterocycles. The molecule has 2 aliphatic carbocycles. The monoisotopic (exact) mass is 732 g/mol. The molecule has 0 unspecified atom stereocenters. The van der Waals surface area contributed by atoms with Gasteiger partial charge in [0.05, 0.1) is 0 Å². The molecule has 0 radical (unpaired) electrons. The van der Waals surface area contributed by atoms with E-state index in [-0.39, 0.29) is 10.3 Å². The highest BCUT2D eigenvalue weighted by atomic mass is 35.5. The third-order valence-corrected chi connectivity index (χ3v) is 11.9. The van der Waals surface area contributed by atoms with Crippen LogP contribution in [0.5, 0.6) is 0 Å². The first-order valence-corrected chi connectivity index (χ1v) is 20.4. The van der Waals surface area contributed by atoms with Crippen molar-refractivity contribution in [3.8, 4) is 22.3 Å². The van der Waals surface area contributed by atoms with Crippen LogP contribution in [0.4, 0.5) is 8.78 Å². The van der Waals surface area contributed by atoms with Crippen LogP contribution in [0.1, 0.15) is 121 Å². The lowest BCUT2D eigenvalue weighted by atomic mass is 9.78. The molecule has 0 N–H and O–H groups in total. The van der Waals surface area contributed by atoms with Gasteiger partial charge in [0.2, 0.25) is 11.9 Å². The zero-order valence-electron chi connectivity index (χ0n) is 30.7. The van der Waals surface area contributed by atoms with Gasteiger partial charge in [-0.05, 0) is 95.9 Å². The first-order chi connectivity index (χ1) is 24.8. The molecule has 2 aromatic heterocycles. The molecule has 2 nitrogen and oxygen atoms in total. The Kier molecular flexibility index (Phi) is 15.8. The fraction of sp³-hybridized carbons (Fsp3) is 0.511. The minimum Gasteiger partial charge on any atom is -0.207 e. The standard InChI is InChI=1S/C23H29ClFN.C22H27ClFN/c1-2-3-4-17-5-7-18(8-6-17)9-10-19-11-13-20(14-12-19)21-15-16-22(24)26-23(21)25;1-2-3-16-4-6-17(7-5-16)8-9-18-10-12-19(13-11-18)20-14-15-21(23)25-22(20)24/h11-18H,2-10H2,1H3;10-17H,2-9H2,1H3/t17-,18-;16-,17-. The number of benzene rings is 2. The van der Waals surface area contributed by atoms with Crippen LogP contribution in [0.3, 0.4) is 0 Å². The van der Waals surface area contributed by atoms with Gasteiger partial charge in [0.15, 0.2) is 0 Å². The Labute approximate surface area is 315 Å². The first-order valence-electron chi connectivity index (χ1n) is 19.6. The maximum absolute atomic E-state index is 13.9. The van der Waals surface area contributed by atoms with E-state index < -0.39 is 11.9 Å². The van der Waals surface area contributed by atoms with Crippen molar-refractivity contribution < 1.29 is 8.78 Å². The van der Waals surface area contributed by atoms with Crippen LogP contribution < -0.4 is 0 Å². The Morgan fingerprint density at radius 3 is 1.22 bits per heavy atom. The Morgan fingerprint density at radius 2 is 0.863 bits per heavy atom. The number of rotatable bonds is 13. The largest absolute Gasteiger partial charge is 0.222 e. The number of hydrogen-bond donors (Lipinski definition) is 0. The minimum atomic E-state index is -0.510. The molecule has 2 fully saturated rings. The average Bonchev–Trinajstić information content (AvgIpc) is 3.14. The van der Waals surface area contributed by atoms with Crippen molar-refractivity contribution in [2.75, 3.05) is 0 Å². The summed E-state index contributed by atoms with van der Waals surface area (Å²) in [6, 6.07) is 23.1. The number of aromatic nitrogens is 2. The first kappa shape index (κ1) is 39.4. The van der Waals surface area contributed by atoms with Crippen LogP contribution >= 0.6 is 23.2 Å². The van der Waals surface area contributed by atoms with E-state index >= 15 is 0 Å². The van der Waals surface area contributed by atoms with Crippen molar-refractivity contribution in [3.05, 3.63) is 106 Å². The number of halogens is 4. The lowest BCUT2D eigenvalue weighted by molar-refractivity contribution is 0.250. The Bertz CT molecular complexity index is 1610. The van der Waals surface area contributed by atoms with Gasteiger partial charge >= 0.3 is 0 Å². The summed E-state index contributed by atoms with van der Waals surface area (Å²) in [5, 5.41) is 0.374. The van der Waals surface area contributed by atoms with Gasteiger partial charge < -0.3 is 0 Å². The zero-order chi connectivity index (χ0) is 36.0. The van der Waals surface area contributed by atoms with Gasteiger partial charge in [-0.1, -0.05) is 169 Å². The third-order valence-electron chi connectivity index (χ3n) is 11.4. The van der Waals surface area contributed by atoms with Crippen LogP contribution in [0.2, 0.25) is 10.3 Å². The molecule has 6 rings (SSSR count). The van der Waals surface area contributed by atoms with E-state index in [0.29, 0.717) is 11.1 Å². The minimum absolute atomic E-state index is 0.187. The molecule has 51 heavy (non-hydrogen) atoms. The summed E-state index contributed by atoms with van der Waals surface area (Å²) in [6.45, 7) is 4.58. The van der Waals surface area contributed by atoms with Crippen molar-refractivity contribution in [1.29, 1.82) is 0 Å². The molecule has 0 saturated heterocycles. The molecular formula is C45H56Cl2F2N2.